The largest absolute Gasteiger partial charge is 0.497 e. The minimum atomic E-state index is -1.23. The molecule has 2 heterocycles. The molecule has 1 fully saturated rings. The van der Waals surface area contributed by atoms with Crippen LogP contribution >= 0.6 is 0 Å². The quantitative estimate of drug-likeness (QED) is 0.599. The maximum Gasteiger partial charge on any atom is 0.346 e. The highest BCUT2D eigenvalue weighted by Gasteiger charge is 2.49. The Balaban J connectivity index is 1.60. The van der Waals surface area contributed by atoms with Crippen molar-refractivity contribution in [1.82, 2.24) is 10.3 Å². The van der Waals surface area contributed by atoms with Gasteiger partial charge in [0.2, 0.25) is 5.75 Å². The standard InChI is InChI=1S/C21H21N3O6/c1-21(14-4-6-15(27-2)7-5-14)19(25)24(20(26)23-21)22-12-13-10-16(28-3)18-17(11-13)29-8-9-30-18/h4-7,10-12H,8-9H2,1-3H3,(H,23,26)/b22-12-/t21-/m0/s1. The number of hydrogen-bond acceptors (Lipinski definition) is 7. The third-order valence-corrected chi connectivity index (χ3v) is 5.01. The van der Waals surface area contributed by atoms with Crippen LogP contribution in [0.3, 0.4) is 0 Å². The van der Waals surface area contributed by atoms with Crippen LogP contribution in [0.2, 0.25) is 0 Å². The zero-order valence-corrected chi connectivity index (χ0v) is 16.8. The molecule has 9 nitrogen and oxygen atoms in total. The van der Waals surface area contributed by atoms with E-state index in [-0.39, 0.29) is 0 Å². The molecule has 2 aromatic carbocycles. The lowest BCUT2D eigenvalue weighted by Gasteiger charge is -2.21. The molecular weight excluding hydrogens is 390 g/mol. The number of nitrogens with zero attached hydrogens (tertiary/aromatic N) is 2. The fourth-order valence-corrected chi connectivity index (χ4v) is 3.34. The van der Waals surface area contributed by atoms with E-state index >= 15 is 0 Å². The first-order chi connectivity index (χ1) is 14.5. The minimum Gasteiger partial charge on any atom is -0.497 e. The molecule has 1 saturated heterocycles. The number of nitrogens with one attached hydrogen (secondary N) is 1. The van der Waals surface area contributed by atoms with Crippen molar-refractivity contribution < 1.29 is 28.5 Å². The third kappa shape index (κ3) is 3.28. The Kier molecular flexibility index (Phi) is 4.94. The normalized spacial score (nSPS) is 20.4. The second-order valence-electron chi connectivity index (χ2n) is 6.89. The lowest BCUT2D eigenvalue weighted by molar-refractivity contribution is -0.131. The molecule has 0 aromatic heterocycles. The second-order valence-corrected chi connectivity index (χ2v) is 6.89. The van der Waals surface area contributed by atoms with Crippen molar-refractivity contribution in [3.63, 3.8) is 0 Å². The molecule has 3 amide bonds. The van der Waals surface area contributed by atoms with Crippen molar-refractivity contribution in [3.8, 4) is 23.0 Å². The third-order valence-electron chi connectivity index (χ3n) is 5.01. The monoisotopic (exact) mass is 411 g/mol. The van der Waals surface area contributed by atoms with E-state index in [1.165, 1.54) is 13.3 Å². The average molecular weight is 411 g/mol. The van der Waals surface area contributed by atoms with Gasteiger partial charge < -0.3 is 24.3 Å². The van der Waals surface area contributed by atoms with Gasteiger partial charge in [0.15, 0.2) is 11.5 Å². The number of carbonyl (C=O) groups is 2. The predicted octanol–water partition coefficient (Wildman–Crippen LogP) is 2.28. The van der Waals surface area contributed by atoms with Crippen LogP contribution in [0.15, 0.2) is 41.5 Å². The van der Waals surface area contributed by atoms with Gasteiger partial charge in [-0.2, -0.15) is 5.10 Å². The van der Waals surface area contributed by atoms with Crippen molar-refractivity contribution in [2.45, 2.75) is 12.5 Å². The highest BCUT2D eigenvalue weighted by molar-refractivity contribution is 6.07. The molecule has 0 bridgehead atoms. The van der Waals surface area contributed by atoms with Crippen LogP contribution in [0, 0.1) is 0 Å². The summed E-state index contributed by atoms with van der Waals surface area (Å²) in [5, 5.41) is 7.62. The van der Waals surface area contributed by atoms with Crippen LogP contribution < -0.4 is 24.3 Å². The Morgan fingerprint density at radius 2 is 1.83 bits per heavy atom. The summed E-state index contributed by atoms with van der Waals surface area (Å²) >= 11 is 0. The van der Waals surface area contributed by atoms with Crippen molar-refractivity contribution >= 4 is 18.2 Å². The molecule has 4 rings (SSSR count). The number of urea groups is 1. The van der Waals surface area contributed by atoms with Crippen LogP contribution in [0.25, 0.3) is 0 Å². The summed E-state index contributed by atoms with van der Waals surface area (Å²) in [6.45, 7) is 2.49. The van der Waals surface area contributed by atoms with Gasteiger partial charge in [0.05, 0.1) is 20.4 Å². The van der Waals surface area contributed by atoms with Crippen LogP contribution in [-0.4, -0.2) is 50.6 Å². The minimum absolute atomic E-state index is 0.421. The van der Waals surface area contributed by atoms with Gasteiger partial charge in [-0.05, 0) is 36.8 Å². The maximum absolute atomic E-state index is 13.0. The van der Waals surface area contributed by atoms with E-state index in [1.807, 2.05) is 0 Å². The first-order valence-corrected chi connectivity index (χ1v) is 9.29. The molecule has 0 radical (unpaired) electrons. The molecule has 1 N–H and O–H groups in total. The number of hydrazone groups is 1. The van der Waals surface area contributed by atoms with Gasteiger partial charge >= 0.3 is 6.03 Å². The van der Waals surface area contributed by atoms with Gasteiger partial charge in [0.1, 0.15) is 24.5 Å². The van der Waals surface area contributed by atoms with Crippen LogP contribution in [0.1, 0.15) is 18.1 Å². The SMILES string of the molecule is COc1ccc([C@]2(C)NC(=O)N(/N=C\c3cc(OC)c4c(c3)OCCO4)C2=O)cc1. The number of ether oxygens (including phenoxy) is 4. The molecule has 30 heavy (non-hydrogen) atoms. The van der Waals surface area contributed by atoms with E-state index in [1.54, 1.807) is 50.4 Å². The number of rotatable bonds is 5. The second kappa shape index (κ2) is 7.58. The molecule has 2 aliphatic rings. The lowest BCUT2D eigenvalue weighted by atomic mass is 9.92. The summed E-state index contributed by atoms with van der Waals surface area (Å²) in [4.78, 5) is 25.5. The van der Waals surface area contributed by atoms with E-state index < -0.39 is 17.5 Å². The van der Waals surface area contributed by atoms with E-state index in [4.69, 9.17) is 18.9 Å². The predicted molar refractivity (Wildman–Crippen MR) is 107 cm³/mol. The molecule has 0 aliphatic carbocycles. The Morgan fingerprint density at radius 3 is 2.53 bits per heavy atom. The fraction of sp³-hybridized carbons (Fsp3) is 0.286. The number of amides is 3. The van der Waals surface area contributed by atoms with E-state index in [2.05, 4.69) is 10.4 Å². The van der Waals surface area contributed by atoms with Gasteiger partial charge in [-0.15, -0.1) is 5.01 Å². The zero-order chi connectivity index (χ0) is 21.3. The van der Waals surface area contributed by atoms with Crippen LogP contribution in [0.5, 0.6) is 23.0 Å². The summed E-state index contributed by atoms with van der Waals surface area (Å²) in [6.07, 6.45) is 1.40. The Bertz CT molecular complexity index is 1000. The molecular formula is C21H21N3O6. The van der Waals surface area contributed by atoms with Gasteiger partial charge in [0.25, 0.3) is 5.91 Å². The van der Waals surface area contributed by atoms with Crippen LogP contribution in [-0.2, 0) is 10.3 Å². The summed E-state index contributed by atoms with van der Waals surface area (Å²) in [5.41, 5.74) is -0.0133. The highest BCUT2D eigenvalue weighted by Crippen LogP contribution is 2.40. The smallest absolute Gasteiger partial charge is 0.346 e. The summed E-state index contributed by atoms with van der Waals surface area (Å²) < 4.78 is 21.7. The average Bonchev–Trinajstić information content (AvgIpc) is 3.00. The topological polar surface area (TPSA) is 98.7 Å². The van der Waals surface area contributed by atoms with Gasteiger partial charge in [-0.25, -0.2) is 4.79 Å². The number of imide groups is 1. The molecule has 2 aromatic rings. The zero-order valence-electron chi connectivity index (χ0n) is 16.8. The molecule has 156 valence electrons. The molecule has 9 heteroatoms. The fourth-order valence-electron chi connectivity index (χ4n) is 3.34. The van der Waals surface area contributed by atoms with Crippen molar-refractivity contribution in [1.29, 1.82) is 0 Å². The first-order valence-electron chi connectivity index (χ1n) is 9.29. The maximum atomic E-state index is 13.0. The number of fused-ring (bicyclic) bond motifs is 1. The molecule has 1 atom stereocenters. The van der Waals surface area contributed by atoms with Crippen LogP contribution in [0.4, 0.5) is 4.79 Å². The van der Waals surface area contributed by atoms with Crippen molar-refractivity contribution in [3.05, 3.63) is 47.5 Å². The molecule has 2 aliphatic heterocycles. The lowest BCUT2D eigenvalue weighted by Crippen LogP contribution is -2.40. The van der Waals surface area contributed by atoms with Gasteiger partial charge in [-0.1, -0.05) is 12.1 Å². The first kappa shape index (κ1) is 19.6. The number of carbonyl (C=O) groups excluding carboxylic acids is 2. The number of hydrogen-bond donors (Lipinski definition) is 1. The molecule has 0 spiro atoms. The Hall–Kier alpha value is -3.75. The van der Waals surface area contributed by atoms with E-state index in [0.717, 1.165) is 5.01 Å². The number of methoxy groups -OCH3 is 2. The van der Waals surface area contributed by atoms with Gasteiger partial charge in [0, 0.05) is 5.56 Å². The molecule has 0 unspecified atom stereocenters. The van der Waals surface area contributed by atoms with Crippen molar-refractivity contribution in [2.75, 3.05) is 27.4 Å². The van der Waals surface area contributed by atoms with Crippen molar-refractivity contribution in [2.24, 2.45) is 5.10 Å². The van der Waals surface area contributed by atoms with E-state index in [0.29, 0.717) is 47.3 Å². The summed E-state index contributed by atoms with van der Waals surface area (Å²) in [7, 11) is 3.08. The summed E-state index contributed by atoms with van der Waals surface area (Å²) in [6, 6.07) is 9.71. The highest BCUT2D eigenvalue weighted by atomic mass is 16.6. The summed E-state index contributed by atoms with van der Waals surface area (Å²) in [5.74, 6) is 1.68. The van der Waals surface area contributed by atoms with Gasteiger partial charge in [-0.3, -0.25) is 4.79 Å². The Morgan fingerprint density at radius 1 is 1.10 bits per heavy atom. The number of benzene rings is 2. The Labute approximate surface area is 173 Å². The molecule has 0 saturated carbocycles. The van der Waals surface area contributed by atoms with E-state index in [9.17, 15) is 9.59 Å².